The standard InChI is InChI=1S/C19H24N2O3/c1-23-13-12-20-17-10-8-15(9-11-17)14-21-19(22)18(24-2)16-6-4-3-5-7-16/h3-11,18,20H,12-14H2,1-2H3,(H,21,22)/t18-/m0/s1. The highest BCUT2D eigenvalue weighted by molar-refractivity contribution is 5.82. The van der Waals surface area contributed by atoms with Gasteiger partial charge in [0.15, 0.2) is 6.10 Å². The van der Waals surface area contributed by atoms with E-state index < -0.39 is 6.10 Å². The van der Waals surface area contributed by atoms with Gasteiger partial charge in [-0.25, -0.2) is 0 Å². The Morgan fingerprint density at radius 2 is 1.75 bits per heavy atom. The Labute approximate surface area is 143 Å². The molecule has 0 saturated heterocycles. The van der Waals surface area contributed by atoms with Crippen LogP contribution in [-0.4, -0.2) is 33.3 Å². The number of ether oxygens (including phenoxy) is 2. The molecule has 0 unspecified atom stereocenters. The molecular weight excluding hydrogens is 304 g/mol. The monoisotopic (exact) mass is 328 g/mol. The molecule has 0 radical (unpaired) electrons. The van der Waals surface area contributed by atoms with Crippen LogP contribution in [0.1, 0.15) is 17.2 Å². The van der Waals surface area contributed by atoms with Crippen LogP contribution in [0.15, 0.2) is 54.6 Å². The first-order valence-electron chi connectivity index (χ1n) is 7.92. The van der Waals surface area contributed by atoms with Gasteiger partial charge in [-0.15, -0.1) is 0 Å². The van der Waals surface area contributed by atoms with Crippen LogP contribution in [0.25, 0.3) is 0 Å². The van der Waals surface area contributed by atoms with E-state index in [1.807, 2.05) is 54.6 Å². The lowest BCUT2D eigenvalue weighted by molar-refractivity contribution is -0.131. The van der Waals surface area contributed by atoms with E-state index in [2.05, 4.69) is 10.6 Å². The summed E-state index contributed by atoms with van der Waals surface area (Å²) in [5, 5.41) is 6.17. The highest BCUT2D eigenvalue weighted by atomic mass is 16.5. The Balaban J connectivity index is 1.86. The van der Waals surface area contributed by atoms with Gasteiger partial charge in [0, 0.05) is 33.0 Å². The second-order valence-corrected chi connectivity index (χ2v) is 5.36. The van der Waals surface area contributed by atoms with Gasteiger partial charge in [0.25, 0.3) is 5.91 Å². The van der Waals surface area contributed by atoms with E-state index in [0.29, 0.717) is 13.2 Å². The molecule has 128 valence electrons. The van der Waals surface area contributed by atoms with Crippen molar-refractivity contribution in [2.45, 2.75) is 12.6 Å². The smallest absolute Gasteiger partial charge is 0.254 e. The van der Waals surface area contributed by atoms with Crippen molar-refractivity contribution in [3.63, 3.8) is 0 Å². The van der Waals surface area contributed by atoms with Crippen LogP contribution in [0.2, 0.25) is 0 Å². The summed E-state index contributed by atoms with van der Waals surface area (Å²) in [7, 11) is 3.22. The number of hydrogen-bond donors (Lipinski definition) is 2. The van der Waals surface area contributed by atoms with Gasteiger partial charge in [-0.1, -0.05) is 42.5 Å². The van der Waals surface area contributed by atoms with Crippen LogP contribution >= 0.6 is 0 Å². The molecule has 0 fully saturated rings. The average molecular weight is 328 g/mol. The zero-order chi connectivity index (χ0) is 17.2. The number of hydrogen-bond acceptors (Lipinski definition) is 4. The Bertz CT molecular complexity index is 614. The number of benzene rings is 2. The summed E-state index contributed by atoms with van der Waals surface area (Å²) < 4.78 is 10.3. The molecular formula is C19H24N2O3. The maximum Gasteiger partial charge on any atom is 0.254 e. The van der Waals surface area contributed by atoms with E-state index in [1.165, 1.54) is 7.11 Å². The van der Waals surface area contributed by atoms with Crippen molar-refractivity contribution in [3.8, 4) is 0 Å². The van der Waals surface area contributed by atoms with Crippen molar-refractivity contribution in [2.24, 2.45) is 0 Å². The minimum atomic E-state index is -0.596. The lowest BCUT2D eigenvalue weighted by Crippen LogP contribution is -2.29. The molecule has 0 aliphatic carbocycles. The molecule has 2 aromatic rings. The van der Waals surface area contributed by atoms with E-state index in [0.717, 1.165) is 23.4 Å². The molecule has 0 aromatic heterocycles. The summed E-state index contributed by atoms with van der Waals surface area (Å²) in [5.74, 6) is -0.147. The van der Waals surface area contributed by atoms with Gasteiger partial charge in [-0.2, -0.15) is 0 Å². The second kappa shape index (κ2) is 9.70. The van der Waals surface area contributed by atoms with Gasteiger partial charge in [-0.05, 0) is 23.3 Å². The quantitative estimate of drug-likeness (QED) is 0.695. The van der Waals surface area contributed by atoms with Gasteiger partial charge in [0.2, 0.25) is 0 Å². The molecule has 1 amide bonds. The first kappa shape index (κ1) is 18.0. The molecule has 0 saturated carbocycles. The van der Waals surface area contributed by atoms with Crippen LogP contribution in [0.5, 0.6) is 0 Å². The average Bonchev–Trinajstić information content (AvgIpc) is 2.63. The van der Waals surface area contributed by atoms with Gasteiger partial charge < -0.3 is 20.1 Å². The summed E-state index contributed by atoms with van der Waals surface area (Å²) in [5.41, 5.74) is 2.90. The third-order valence-electron chi connectivity index (χ3n) is 3.63. The number of carbonyl (C=O) groups excluding carboxylic acids is 1. The summed E-state index contributed by atoms with van der Waals surface area (Å²) in [4.78, 5) is 12.3. The summed E-state index contributed by atoms with van der Waals surface area (Å²) in [6, 6.07) is 17.4. The molecule has 2 rings (SSSR count). The first-order chi connectivity index (χ1) is 11.7. The van der Waals surface area contributed by atoms with E-state index in [4.69, 9.17) is 9.47 Å². The van der Waals surface area contributed by atoms with E-state index in [1.54, 1.807) is 7.11 Å². The van der Waals surface area contributed by atoms with Crippen molar-refractivity contribution >= 4 is 11.6 Å². The number of rotatable bonds is 9. The van der Waals surface area contributed by atoms with Crippen LogP contribution in [0.4, 0.5) is 5.69 Å². The highest BCUT2D eigenvalue weighted by Crippen LogP contribution is 2.16. The molecule has 5 heteroatoms. The third-order valence-corrected chi connectivity index (χ3v) is 3.63. The zero-order valence-corrected chi connectivity index (χ0v) is 14.1. The minimum Gasteiger partial charge on any atom is -0.383 e. The van der Waals surface area contributed by atoms with Crippen molar-refractivity contribution in [1.29, 1.82) is 0 Å². The fourth-order valence-corrected chi connectivity index (χ4v) is 2.34. The largest absolute Gasteiger partial charge is 0.383 e. The van der Waals surface area contributed by atoms with Gasteiger partial charge in [-0.3, -0.25) is 4.79 Å². The Hall–Kier alpha value is -2.37. The van der Waals surface area contributed by atoms with Crippen molar-refractivity contribution in [1.82, 2.24) is 5.32 Å². The Morgan fingerprint density at radius 1 is 1.04 bits per heavy atom. The van der Waals surface area contributed by atoms with Gasteiger partial charge >= 0.3 is 0 Å². The van der Waals surface area contributed by atoms with E-state index in [9.17, 15) is 4.79 Å². The molecule has 0 bridgehead atoms. The first-order valence-corrected chi connectivity index (χ1v) is 7.92. The van der Waals surface area contributed by atoms with Crippen molar-refractivity contribution < 1.29 is 14.3 Å². The van der Waals surface area contributed by atoms with Crippen LogP contribution in [-0.2, 0) is 20.8 Å². The Morgan fingerprint density at radius 3 is 2.38 bits per heavy atom. The normalized spacial score (nSPS) is 11.8. The lowest BCUT2D eigenvalue weighted by Gasteiger charge is -2.15. The predicted octanol–water partition coefficient (Wildman–Crippen LogP) is 2.75. The molecule has 24 heavy (non-hydrogen) atoms. The Kier molecular flexibility index (Phi) is 7.26. The molecule has 0 aliphatic heterocycles. The van der Waals surface area contributed by atoms with Crippen LogP contribution in [0.3, 0.4) is 0 Å². The molecule has 0 spiro atoms. The molecule has 0 aliphatic rings. The SMILES string of the molecule is COCCNc1ccc(CNC(=O)[C@@H](OC)c2ccccc2)cc1. The molecule has 5 nitrogen and oxygen atoms in total. The highest BCUT2D eigenvalue weighted by Gasteiger charge is 2.19. The van der Waals surface area contributed by atoms with Gasteiger partial charge in [0.05, 0.1) is 6.61 Å². The molecule has 2 N–H and O–H groups in total. The van der Waals surface area contributed by atoms with Crippen molar-refractivity contribution in [3.05, 3.63) is 65.7 Å². The maximum atomic E-state index is 12.3. The number of amides is 1. The second-order valence-electron chi connectivity index (χ2n) is 5.36. The minimum absolute atomic E-state index is 0.147. The molecule has 0 heterocycles. The molecule has 2 aromatic carbocycles. The number of methoxy groups -OCH3 is 2. The summed E-state index contributed by atoms with van der Waals surface area (Å²) in [6.45, 7) is 1.89. The van der Waals surface area contributed by atoms with Gasteiger partial charge in [0.1, 0.15) is 0 Å². The number of anilines is 1. The number of nitrogens with one attached hydrogen (secondary N) is 2. The maximum absolute atomic E-state index is 12.3. The molecule has 1 atom stereocenters. The zero-order valence-electron chi connectivity index (χ0n) is 14.1. The fourth-order valence-electron chi connectivity index (χ4n) is 2.34. The summed E-state index contributed by atoms with van der Waals surface area (Å²) in [6.07, 6.45) is -0.596. The van der Waals surface area contributed by atoms with Crippen LogP contribution in [0, 0.1) is 0 Å². The number of carbonyl (C=O) groups is 1. The third kappa shape index (κ3) is 5.37. The lowest BCUT2D eigenvalue weighted by atomic mass is 10.1. The fraction of sp³-hybridized carbons (Fsp3) is 0.316. The predicted molar refractivity (Wildman–Crippen MR) is 94.8 cm³/mol. The summed E-state index contributed by atoms with van der Waals surface area (Å²) >= 11 is 0. The van der Waals surface area contributed by atoms with Crippen LogP contribution < -0.4 is 10.6 Å². The van der Waals surface area contributed by atoms with E-state index >= 15 is 0 Å². The van der Waals surface area contributed by atoms with E-state index in [-0.39, 0.29) is 5.91 Å². The topological polar surface area (TPSA) is 59.6 Å². The van der Waals surface area contributed by atoms with Crippen molar-refractivity contribution in [2.75, 3.05) is 32.7 Å².